The predicted molar refractivity (Wildman–Crippen MR) is 73.3 cm³/mol. The zero-order chi connectivity index (χ0) is 13.2. The van der Waals surface area contributed by atoms with Crippen molar-refractivity contribution in [3.05, 3.63) is 48.0 Å². The number of pyridine rings is 1. The third-order valence-corrected chi connectivity index (χ3v) is 2.76. The molecule has 3 aromatic rings. The number of nitrogens with zero attached hydrogens (tertiary/aromatic N) is 3. The standard InChI is InChI=1S/C13H9ClN4O/c14-13-17-7-5-11(18-13)19-10-4-3-9(15)12-8(10)2-1-6-16-12/h1-7H,15H2. The predicted octanol–water partition coefficient (Wildman–Crippen LogP) is 3.05. The Labute approximate surface area is 114 Å². The average molecular weight is 273 g/mol. The van der Waals surface area contributed by atoms with Gasteiger partial charge in [0, 0.05) is 23.8 Å². The number of ether oxygens (including phenoxy) is 1. The maximum atomic E-state index is 5.88. The lowest BCUT2D eigenvalue weighted by atomic mass is 10.2. The van der Waals surface area contributed by atoms with Crippen LogP contribution in [0.1, 0.15) is 0 Å². The molecular formula is C13H9ClN4O. The third kappa shape index (κ3) is 2.28. The molecule has 2 heterocycles. The lowest BCUT2D eigenvalue weighted by molar-refractivity contribution is 0.467. The Morgan fingerprint density at radius 1 is 1.05 bits per heavy atom. The van der Waals surface area contributed by atoms with Gasteiger partial charge in [0.25, 0.3) is 0 Å². The molecule has 0 saturated carbocycles. The van der Waals surface area contributed by atoms with E-state index in [-0.39, 0.29) is 5.28 Å². The number of rotatable bonds is 2. The van der Waals surface area contributed by atoms with Gasteiger partial charge in [0.05, 0.1) is 11.2 Å². The van der Waals surface area contributed by atoms with Gasteiger partial charge in [-0.05, 0) is 35.9 Å². The normalized spacial score (nSPS) is 10.6. The van der Waals surface area contributed by atoms with Crippen molar-refractivity contribution >= 4 is 28.2 Å². The van der Waals surface area contributed by atoms with Gasteiger partial charge in [0.1, 0.15) is 5.75 Å². The van der Waals surface area contributed by atoms with Crippen molar-refractivity contribution in [3.63, 3.8) is 0 Å². The summed E-state index contributed by atoms with van der Waals surface area (Å²) < 4.78 is 5.70. The maximum absolute atomic E-state index is 5.88. The molecule has 2 aromatic heterocycles. The van der Waals surface area contributed by atoms with Gasteiger partial charge in [-0.3, -0.25) is 4.98 Å². The number of nitrogen functional groups attached to an aromatic ring is 1. The largest absolute Gasteiger partial charge is 0.438 e. The van der Waals surface area contributed by atoms with E-state index >= 15 is 0 Å². The first-order valence-corrected chi connectivity index (χ1v) is 5.91. The van der Waals surface area contributed by atoms with E-state index < -0.39 is 0 Å². The van der Waals surface area contributed by atoms with Crippen molar-refractivity contribution in [1.82, 2.24) is 15.0 Å². The van der Waals surface area contributed by atoms with Crippen molar-refractivity contribution < 1.29 is 4.74 Å². The first-order valence-electron chi connectivity index (χ1n) is 5.53. The number of aromatic nitrogens is 3. The molecule has 0 bridgehead atoms. The molecule has 3 rings (SSSR count). The first-order chi connectivity index (χ1) is 9.24. The Morgan fingerprint density at radius 2 is 1.95 bits per heavy atom. The molecule has 5 nitrogen and oxygen atoms in total. The molecule has 0 aliphatic rings. The fraction of sp³-hybridized carbons (Fsp3) is 0. The molecule has 0 unspecified atom stereocenters. The van der Waals surface area contributed by atoms with Gasteiger partial charge in [-0.2, -0.15) is 4.98 Å². The molecule has 94 valence electrons. The fourth-order valence-electron chi connectivity index (χ4n) is 1.75. The van der Waals surface area contributed by atoms with Crippen LogP contribution in [0.2, 0.25) is 5.28 Å². The molecule has 0 radical (unpaired) electrons. The summed E-state index contributed by atoms with van der Waals surface area (Å²) >= 11 is 5.72. The van der Waals surface area contributed by atoms with Crippen LogP contribution in [0.5, 0.6) is 11.6 Å². The molecule has 0 aliphatic carbocycles. The van der Waals surface area contributed by atoms with Crippen molar-refractivity contribution in [1.29, 1.82) is 0 Å². The Balaban J connectivity index is 2.09. The minimum atomic E-state index is 0.135. The van der Waals surface area contributed by atoms with Gasteiger partial charge in [-0.15, -0.1) is 0 Å². The number of benzene rings is 1. The number of anilines is 1. The van der Waals surface area contributed by atoms with Crippen LogP contribution < -0.4 is 10.5 Å². The summed E-state index contributed by atoms with van der Waals surface area (Å²) in [5, 5.41) is 0.951. The number of nitrogens with two attached hydrogens (primary N) is 1. The van der Waals surface area contributed by atoms with Gasteiger partial charge in [0.15, 0.2) is 0 Å². The van der Waals surface area contributed by atoms with Gasteiger partial charge in [-0.1, -0.05) is 0 Å². The topological polar surface area (TPSA) is 73.9 Å². The monoisotopic (exact) mass is 272 g/mol. The lowest BCUT2D eigenvalue weighted by Crippen LogP contribution is -1.94. The fourth-order valence-corrected chi connectivity index (χ4v) is 1.89. The number of hydrogen-bond donors (Lipinski definition) is 1. The second-order valence-corrected chi connectivity index (χ2v) is 4.16. The minimum absolute atomic E-state index is 0.135. The van der Waals surface area contributed by atoms with E-state index in [1.807, 2.05) is 12.1 Å². The maximum Gasteiger partial charge on any atom is 0.225 e. The van der Waals surface area contributed by atoms with Gasteiger partial charge < -0.3 is 10.5 Å². The highest BCUT2D eigenvalue weighted by Gasteiger charge is 2.07. The van der Waals surface area contributed by atoms with Crippen LogP contribution >= 0.6 is 11.6 Å². The molecule has 0 fully saturated rings. The minimum Gasteiger partial charge on any atom is -0.438 e. The Kier molecular flexibility index (Phi) is 2.89. The van der Waals surface area contributed by atoms with E-state index in [0.29, 0.717) is 22.8 Å². The van der Waals surface area contributed by atoms with Crippen LogP contribution in [0, 0.1) is 0 Å². The van der Waals surface area contributed by atoms with Crippen molar-refractivity contribution in [2.45, 2.75) is 0 Å². The molecule has 0 amide bonds. The van der Waals surface area contributed by atoms with Crippen LogP contribution in [0.25, 0.3) is 10.9 Å². The quantitative estimate of drug-likeness (QED) is 0.573. The number of halogens is 1. The summed E-state index contributed by atoms with van der Waals surface area (Å²) in [4.78, 5) is 12.0. The van der Waals surface area contributed by atoms with Crippen LogP contribution in [0.3, 0.4) is 0 Å². The molecular weight excluding hydrogens is 264 g/mol. The Bertz CT molecular complexity index is 748. The molecule has 0 aliphatic heterocycles. The summed E-state index contributed by atoms with van der Waals surface area (Å²) in [5.74, 6) is 0.988. The average Bonchev–Trinajstić information content (AvgIpc) is 2.42. The van der Waals surface area contributed by atoms with Crippen LogP contribution in [0.15, 0.2) is 42.7 Å². The number of hydrogen-bond acceptors (Lipinski definition) is 5. The number of fused-ring (bicyclic) bond motifs is 1. The SMILES string of the molecule is Nc1ccc(Oc2ccnc(Cl)n2)c2cccnc12. The second kappa shape index (κ2) is 4.70. The summed E-state index contributed by atoms with van der Waals surface area (Å²) in [6, 6.07) is 8.85. The van der Waals surface area contributed by atoms with Crippen molar-refractivity contribution in [2.75, 3.05) is 5.73 Å². The van der Waals surface area contributed by atoms with E-state index in [4.69, 9.17) is 22.1 Å². The van der Waals surface area contributed by atoms with E-state index in [0.717, 1.165) is 5.39 Å². The molecule has 0 atom stereocenters. The van der Waals surface area contributed by atoms with E-state index in [2.05, 4.69) is 15.0 Å². The van der Waals surface area contributed by atoms with Gasteiger partial charge >= 0.3 is 0 Å². The molecule has 2 N–H and O–H groups in total. The highest BCUT2D eigenvalue weighted by atomic mass is 35.5. The smallest absolute Gasteiger partial charge is 0.225 e. The Hall–Kier alpha value is -2.40. The van der Waals surface area contributed by atoms with Gasteiger partial charge in [0.2, 0.25) is 11.2 Å². The molecule has 1 aromatic carbocycles. The zero-order valence-corrected chi connectivity index (χ0v) is 10.5. The van der Waals surface area contributed by atoms with E-state index in [9.17, 15) is 0 Å². The van der Waals surface area contributed by atoms with E-state index in [1.165, 1.54) is 6.20 Å². The molecule has 0 spiro atoms. The zero-order valence-electron chi connectivity index (χ0n) is 9.75. The summed E-state index contributed by atoms with van der Waals surface area (Å²) in [6.45, 7) is 0. The Morgan fingerprint density at radius 3 is 2.79 bits per heavy atom. The summed E-state index contributed by atoms with van der Waals surface area (Å²) in [7, 11) is 0. The van der Waals surface area contributed by atoms with Crippen molar-refractivity contribution in [3.8, 4) is 11.6 Å². The lowest BCUT2D eigenvalue weighted by Gasteiger charge is -2.09. The highest BCUT2D eigenvalue weighted by molar-refractivity contribution is 6.28. The van der Waals surface area contributed by atoms with E-state index in [1.54, 1.807) is 24.4 Å². The van der Waals surface area contributed by atoms with Crippen LogP contribution in [-0.4, -0.2) is 15.0 Å². The summed E-state index contributed by atoms with van der Waals surface area (Å²) in [5.41, 5.74) is 7.17. The van der Waals surface area contributed by atoms with Crippen LogP contribution in [0.4, 0.5) is 5.69 Å². The van der Waals surface area contributed by atoms with Gasteiger partial charge in [-0.25, -0.2) is 4.98 Å². The molecule has 6 heteroatoms. The third-order valence-electron chi connectivity index (χ3n) is 2.58. The highest BCUT2D eigenvalue weighted by Crippen LogP contribution is 2.31. The van der Waals surface area contributed by atoms with Crippen molar-refractivity contribution in [2.24, 2.45) is 0 Å². The second-order valence-electron chi connectivity index (χ2n) is 3.82. The summed E-state index contributed by atoms with van der Waals surface area (Å²) in [6.07, 6.45) is 3.21. The van der Waals surface area contributed by atoms with Crippen LogP contribution in [-0.2, 0) is 0 Å². The first kappa shape index (κ1) is 11.7. The molecule has 19 heavy (non-hydrogen) atoms. The molecule has 0 saturated heterocycles.